The first kappa shape index (κ1) is 10.3. The van der Waals surface area contributed by atoms with E-state index in [0.29, 0.717) is 4.20 Å². The number of hydrogen-bond acceptors (Lipinski definition) is 3. The third kappa shape index (κ3) is 3.20. The predicted octanol–water partition coefficient (Wildman–Crippen LogP) is 3.28. The molecule has 0 aliphatic heterocycles. The molecule has 0 bridgehead atoms. The Labute approximate surface area is 87.5 Å². The Kier molecular flexibility index (Phi) is 3.99. The van der Waals surface area contributed by atoms with Gasteiger partial charge in [-0.1, -0.05) is 42.5 Å². The minimum Gasteiger partial charge on any atom is -0.507 e. The van der Waals surface area contributed by atoms with E-state index in [1.165, 1.54) is 11.8 Å². The van der Waals surface area contributed by atoms with Gasteiger partial charge in [-0.2, -0.15) is 0 Å². The molecule has 0 aromatic heterocycles. The molecule has 1 nitrogen and oxygen atoms in total. The molecule has 0 heterocycles. The molecule has 0 saturated heterocycles. The number of benzene rings is 1. The maximum absolute atomic E-state index is 9.58. The van der Waals surface area contributed by atoms with Crippen LogP contribution in [0.1, 0.15) is 5.56 Å². The van der Waals surface area contributed by atoms with Crippen LogP contribution in [0, 0.1) is 0 Å². The standard InChI is InChI=1S/C10H10OS2/c1-13-10(12)7-9(11)8-5-3-2-4-6-8/h2-7,11H,1H3/b9-7+. The van der Waals surface area contributed by atoms with Gasteiger partial charge in [-0.05, 0) is 6.26 Å². The van der Waals surface area contributed by atoms with Crippen molar-refractivity contribution in [3.05, 3.63) is 42.0 Å². The topological polar surface area (TPSA) is 20.2 Å². The zero-order valence-corrected chi connectivity index (χ0v) is 8.86. The molecule has 0 fully saturated rings. The summed E-state index contributed by atoms with van der Waals surface area (Å²) in [6.45, 7) is 0. The van der Waals surface area contributed by atoms with Crippen LogP contribution in [-0.2, 0) is 0 Å². The molecule has 0 aliphatic rings. The Morgan fingerprint density at radius 3 is 2.54 bits per heavy atom. The molecule has 13 heavy (non-hydrogen) atoms. The van der Waals surface area contributed by atoms with E-state index in [2.05, 4.69) is 0 Å². The van der Waals surface area contributed by atoms with Gasteiger partial charge in [-0.3, -0.25) is 0 Å². The van der Waals surface area contributed by atoms with E-state index in [1.807, 2.05) is 36.6 Å². The van der Waals surface area contributed by atoms with E-state index in [4.69, 9.17) is 12.2 Å². The summed E-state index contributed by atoms with van der Waals surface area (Å²) in [7, 11) is 0. The fourth-order valence-corrected chi connectivity index (χ4v) is 1.20. The molecule has 0 aliphatic carbocycles. The van der Waals surface area contributed by atoms with Crippen molar-refractivity contribution in [1.82, 2.24) is 0 Å². The maximum atomic E-state index is 9.58. The lowest BCUT2D eigenvalue weighted by Crippen LogP contribution is -1.86. The van der Waals surface area contributed by atoms with Crippen LogP contribution < -0.4 is 0 Å². The first-order valence-electron chi connectivity index (χ1n) is 3.78. The Bertz CT molecular complexity index is 317. The summed E-state index contributed by atoms with van der Waals surface area (Å²) in [6.07, 6.45) is 3.48. The highest BCUT2D eigenvalue weighted by Gasteiger charge is 1.97. The first-order chi connectivity index (χ1) is 6.24. The summed E-state index contributed by atoms with van der Waals surface area (Å²) in [6, 6.07) is 9.34. The number of rotatable bonds is 2. The van der Waals surface area contributed by atoms with Crippen LogP contribution in [0.3, 0.4) is 0 Å². The van der Waals surface area contributed by atoms with Gasteiger partial charge in [-0.25, -0.2) is 0 Å². The molecule has 3 heteroatoms. The second-order valence-corrected chi connectivity index (χ2v) is 3.97. The van der Waals surface area contributed by atoms with E-state index >= 15 is 0 Å². The van der Waals surface area contributed by atoms with E-state index < -0.39 is 0 Å². The van der Waals surface area contributed by atoms with Gasteiger partial charge < -0.3 is 5.11 Å². The van der Waals surface area contributed by atoms with Gasteiger partial charge in [-0.15, -0.1) is 11.8 Å². The molecule has 0 spiro atoms. The van der Waals surface area contributed by atoms with E-state index in [1.54, 1.807) is 6.08 Å². The lowest BCUT2D eigenvalue weighted by atomic mass is 10.2. The number of thiocarbonyl (C=S) groups is 1. The zero-order chi connectivity index (χ0) is 9.68. The molecule has 1 rings (SSSR count). The third-order valence-electron chi connectivity index (χ3n) is 1.53. The van der Waals surface area contributed by atoms with Crippen LogP contribution in [0.5, 0.6) is 0 Å². The summed E-state index contributed by atoms with van der Waals surface area (Å²) in [5.74, 6) is 0.222. The normalized spacial score (nSPS) is 11.3. The van der Waals surface area contributed by atoms with Gasteiger partial charge in [0.25, 0.3) is 0 Å². The average Bonchev–Trinajstić information content (AvgIpc) is 2.19. The maximum Gasteiger partial charge on any atom is 0.124 e. The van der Waals surface area contributed by atoms with Crippen LogP contribution in [0.25, 0.3) is 5.76 Å². The van der Waals surface area contributed by atoms with Gasteiger partial charge >= 0.3 is 0 Å². The predicted molar refractivity (Wildman–Crippen MR) is 63.2 cm³/mol. The molecule has 0 unspecified atom stereocenters. The van der Waals surface area contributed by atoms with Crippen LogP contribution in [0.15, 0.2) is 36.4 Å². The Morgan fingerprint density at radius 1 is 1.38 bits per heavy atom. The quantitative estimate of drug-likeness (QED) is 0.459. The van der Waals surface area contributed by atoms with Gasteiger partial charge in [0.1, 0.15) is 5.76 Å². The van der Waals surface area contributed by atoms with E-state index in [9.17, 15) is 5.11 Å². The Morgan fingerprint density at radius 2 is 2.00 bits per heavy atom. The smallest absolute Gasteiger partial charge is 0.124 e. The van der Waals surface area contributed by atoms with Crippen molar-refractivity contribution in [2.45, 2.75) is 0 Å². The third-order valence-corrected chi connectivity index (χ3v) is 2.66. The van der Waals surface area contributed by atoms with E-state index in [-0.39, 0.29) is 5.76 Å². The largest absolute Gasteiger partial charge is 0.507 e. The summed E-state index contributed by atoms with van der Waals surface area (Å²) in [5.41, 5.74) is 0.791. The monoisotopic (exact) mass is 210 g/mol. The van der Waals surface area contributed by atoms with Crippen molar-refractivity contribution in [3.63, 3.8) is 0 Å². The summed E-state index contributed by atoms with van der Waals surface area (Å²) < 4.78 is 0.682. The van der Waals surface area contributed by atoms with Crippen LogP contribution >= 0.6 is 24.0 Å². The van der Waals surface area contributed by atoms with Crippen LogP contribution in [-0.4, -0.2) is 15.6 Å². The van der Waals surface area contributed by atoms with Crippen molar-refractivity contribution in [3.8, 4) is 0 Å². The molecule has 1 aromatic carbocycles. The summed E-state index contributed by atoms with van der Waals surface area (Å²) in [5, 5.41) is 9.58. The van der Waals surface area contributed by atoms with Crippen molar-refractivity contribution in [1.29, 1.82) is 0 Å². The van der Waals surface area contributed by atoms with Crippen molar-refractivity contribution in [2.75, 3.05) is 6.26 Å². The van der Waals surface area contributed by atoms with Crippen molar-refractivity contribution >= 4 is 33.9 Å². The molecule has 0 saturated carbocycles. The fraction of sp³-hybridized carbons (Fsp3) is 0.100. The second-order valence-electron chi connectivity index (χ2n) is 2.42. The second kappa shape index (κ2) is 5.04. The molecule has 68 valence electrons. The first-order valence-corrected chi connectivity index (χ1v) is 5.41. The van der Waals surface area contributed by atoms with Crippen molar-refractivity contribution < 1.29 is 5.11 Å². The Balaban J connectivity index is 2.85. The SMILES string of the molecule is CSC(=S)/C=C(/O)c1ccccc1. The van der Waals surface area contributed by atoms with Gasteiger partial charge in [0.05, 0.1) is 4.20 Å². The molecule has 0 atom stereocenters. The highest BCUT2D eigenvalue weighted by atomic mass is 32.2. The minimum atomic E-state index is 0.222. The van der Waals surface area contributed by atoms with Gasteiger partial charge in [0, 0.05) is 11.6 Å². The lowest BCUT2D eigenvalue weighted by molar-refractivity contribution is 0.512. The van der Waals surface area contributed by atoms with Crippen LogP contribution in [0.4, 0.5) is 0 Å². The highest BCUT2D eigenvalue weighted by molar-refractivity contribution is 8.23. The fourth-order valence-electron chi connectivity index (χ4n) is 0.863. The number of aliphatic hydroxyl groups excluding tert-OH is 1. The minimum absolute atomic E-state index is 0.222. The molecular weight excluding hydrogens is 200 g/mol. The summed E-state index contributed by atoms with van der Waals surface area (Å²) in [4.78, 5) is 0. The van der Waals surface area contributed by atoms with Crippen molar-refractivity contribution in [2.24, 2.45) is 0 Å². The lowest BCUT2D eigenvalue weighted by Gasteiger charge is -1.98. The molecule has 0 radical (unpaired) electrons. The molecule has 1 N–H and O–H groups in total. The zero-order valence-electron chi connectivity index (χ0n) is 7.23. The number of hydrogen-bond donors (Lipinski definition) is 1. The van der Waals surface area contributed by atoms with Gasteiger partial charge in [0.2, 0.25) is 0 Å². The number of aliphatic hydroxyl groups is 1. The highest BCUT2D eigenvalue weighted by Crippen LogP contribution is 2.12. The molecule has 1 aromatic rings. The van der Waals surface area contributed by atoms with Crippen LogP contribution in [0.2, 0.25) is 0 Å². The van der Waals surface area contributed by atoms with E-state index in [0.717, 1.165) is 5.56 Å². The average molecular weight is 210 g/mol. The number of thioether (sulfide) groups is 1. The molecular formula is C10H10OS2. The summed E-state index contributed by atoms with van der Waals surface area (Å²) >= 11 is 6.40. The van der Waals surface area contributed by atoms with Gasteiger partial charge in [0.15, 0.2) is 0 Å². The molecule has 0 amide bonds. The Hall–Kier alpha value is -0.800.